The van der Waals surface area contributed by atoms with Crippen molar-refractivity contribution in [3.63, 3.8) is 0 Å². The maximum Gasteiger partial charge on any atom is 0.306 e. The Balaban J connectivity index is 1.74. The highest BCUT2D eigenvalue weighted by Gasteiger charge is 2.16. The van der Waals surface area contributed by atoms with Gasteiger partial charge in [0.1, 0.15) is 0 Å². The lowest BCUT2D eigenvalue weighted by atomic mass is 10.0. The van der Waals surface area contributed by atoms with Crippen molar-refractivity contribution in [1.82, 2.24) is 5.32 Å². The van der Waals surface area contributed by atoms with Crippen LogP contribution in [-0.2, 0) is 14.3 Å². The molecule has 0 unspecified atom stereocenters. The van der Waals surface area contributed by atoms with Gasteiger partial charge < -0.3 is 10.1 Å². The Labute approximate surface area is 157 Å². The molecule has 0 saturated carbocycles. The predicted octanol–water partition coefficient (Wildman–Crippen LogP) is 3.91. The fourth-order valence-corrected chi connectivity index (χ4v) is 3.22. The van der Waals surface area contributed by atoms with Crippen LogP contribution in [0, 0.1) is 0 Å². The molecule has 0 spiro atoms. The zero-order chi connectivity index (χ0) is 18.8. The number of thiophene rings is 1. The maximum absolute atomic E-state index is 12.1. The number of Topliss-reactive ketones (excluding diaryl/α,β-unsaturated/α-hetero) is 1. The van der Waals surface area contributed by atoms with Crippen molar-refractivity contribution in [1.29, 1.82) is 0 Å². The van der Waals surface area contributed by atoms with E-state index in [1.54, 1.807) is 12.1 Å². The minimum atomic E-state index is -0.545. The van der Waals surface area contributed by atoms with Crippen LogP contribution >= 0.6 is 11.3 Å². The average molecular weight is 373 g/mol. The van der Waals surface area contributed by atoms with Crippen LogP contribution in [0.25, 0.3) is 0 Å². The van der Waals surface area contributed by atoms with E-state index in [0.29, 0.717) is 4.88 Å². The van der Waals surface area contributed by atoms with E-state index in [0.717, 1.165) is 18.4 Å². The van der Waals surface area contributed by atoms with Gasteiger partial charge in [-0.2, -0.15) is 0 Å². The molecule has 1 aromatic carbocycles. The predicted molar refractivity (Wildman–Crippen MR) is 101 cm³/mol. The number of hydrogen-bond acceptors (Lipinski definition) is 5. The molecule has 5 nitrogen and oxygen atoms in total. The lowest BCUT2D eigenvalue weighted by Crippen LogP contribution is -2.32. The third-order valence-corrected chi connectivity index (χ3v) is 4.74. The molecule has 2 rings (SSSR count). The monoisotopic (exact) mass is 373 g/mol. The lowest BCUT2D eigenvalue weighted by Gasteiger charge is -2.18. The quantitative estimate of drug-likeness (QED) is 0.506. The summed E-state index contributed by atoms with van der Waals surface area (Å²) in [5.41, 5.74) is 1.02. The third kappa shape index (κ3) is 6.44. The van der Waals surface area contributed by atoms with Crippen LogP contribution < -0.4 is 5.32 Å². The van der Waals surface area contributed by atoms with Crippen molar-refractivity contribution in [2.45, 2.75) is 38.6 Å². The molecule has 0 fully saturated rings. The molecule has 2 aromatic rings. The number of rotatable bonds is 10. The van der Waals surface area contributed by atoms with Crippen LogP contribution in [-0.4, -0.2) is 24.3 Å². The summed E-state index contributed by atoms with van der Waals surface area (Å²) in [5.74, 6) is -0.976. The van der Waals surface area contributed by atoms with Gasteiger partial charge in [-0.3, -0.25) is 14.4 Å². The van der Waals surface area contributed by atoms with Gasteiger partial charge in [-0.15, -0.1) is 11.3 Å². The Morgan fingerprint density at radius 1 is 1.08 bits per heavy atom. The minimum absolute atomic E-state index is 0.0267. The summed E-state index contributed by atoms with van der Waals surface area (Å²) < 4.78 is 4.99. The second-order valence-corrected chi connectivity index (χ2v) is 6.83. The van der Waals surface area contributed by atoms with Crippen LogP contribution in [0.4, 0.5) is 0 Å². The molecule has 6 heteroatoms. The summed E-state index contributed by atoms with van der Waals surface area (Å²) >= 11 is 1.34. The Morgan fingerprint density at radius 3 is 2.50 bits per heavy atom. The first-order valence-electron chi connectivity index (χ1n) is 8.66. The van der Waals surface area contributed by atoms with Gasteiger partial charge in [-0.1, -0.05) is 49.7 Å². The normalized spacial score (nSPS) is 11.6. The van der Waals surface area contributed by atoms with Gasteiger partial charge in [0.15, 0.2) is 12.4 Å². The van der Waals surface area contributed by atoms with Crippen LogP contribution in [0.1, 0.15) is 53.9 Å². The number of ether oxygens (including phenoxy) is 1. The van der Waals surface area contributed by atoms with Crippen molar-refractivity contribution < 1.29 is 19.1 Å². The van der Waals surface area contributed by atoms with E-state index in [4.69, 9.17) is 4.74 Å². The first-order valence-corrected chi connectivity index (χ1v) is 9.54. The van der Waals surface area contributed by atoms with E-state index in [-0.39, 0.29) is 37.2 Å². The van der Waals surface area contributed by atoms with Crippen molar-refractivity contribution in [3.8, 4) is 0 Å². The molecule has 1 aromatic heterocycles. The molecule has 0 aliphatic heterocycles. The van der Waals surface area contributed by atoms with Crippen LogP contribution in [0.5, 0.6) is 0 Å². The SMILES string of the molecule is CCC[C@H](NC(=O)COC(=O)CCC(=O)c1cccs1)c1ccccc1. The van der Waals surface area contributed by atoms with E-state index in [9.17, 15) is 14.4 Å². The summed E-state index contributed by atoms with van der Waals surface area (Å²) in [6.07, 6.45) is 1.79. The topological polar surface area (TPSA) is 72.5 Å². The van der Waals surface area contributed by atoms with Crippen molar-refractivity contribution >= 4 is 29.0 Å². The number of carbonyl (C=O) groups excluding carboxylic acids is 3. The summed E-state index contributed by atoms with van der Waals surface area (Å²) in [5, 5.41) is 4.71. The van der Waals surface area contributed by atoms with Crippen LogP contribution in [0.2, 0.25) is 0 Å². The molecule has 0 bridgehead atoms. The Morgan fingerprint density at radius 2 is 1.85 bits per heavy atom. The number of esters is 1. The molecule has 0 saturated heterocycles. The first-order chi connectivity index (χ1) is 12.6. The molecule has 26 heavy (non-hydrogen) atoms. The number of amides is 1. The summed E-state index contributed by atoms with van der Waals surface area (Å²) in [6, 6.07) is 13.1. The molecule has 0 radical (unpaired) electrons. The number of hydrogen-bond donors (Lipinski definition) is 1. The molecule has 1 heterocycles. The summed E-state index contributed by atoms with van der Waals surface area (Å²) in [7, 11) is 0. The highest BCUT2D eigenvalue weighted by atomic mass is 32.1. The van der Waals surface area contributed by atoms with Gasteiger partial charge in [0, 0.05) is 6.42 Å². The highest BCUT2D eigenvalue weighted by molar-refractivity contribution is 7.12. The Bertz CT molecular complexity index is 713. The van der Waals surface area contributed by atoms with E-state index in [2.05, 4.69) is 5.32 Å². The minimum Gasteiger partial charge on any atom is -0.456 e. The second-order valence-electron chi connectivity index (χ2n) is 5.88. The molecule has 0 aliphatic rings. The Hall–Kier alpha value is -2.47. The van der Waals surface area contributed by atoms with E-state index in [1.807, 2.05) is 42.6 Å². The largest absolute Gasteiger partial charge is 0.456 e. The smallest absolute Gasteiger partial charge is 0.306 e. The average Bonchev–Trinajstić information content (AvgIpc) is 3.19. The molecule has 1 atom stereocenters. The fourth-order valence-electron chi connectivity index (χ4n) is 2.53. The van der Waals surface area contributed by atoms with Gasteiger partial charge >= 0.3 is 5.97 Å². The maximum atomic E-state index is 12.1. The van der Waals surface area contributed by atoms with Crippen molar-refractivity contribution in [2.75, 3.05) is 6.61 Å². The third-order valence-electron chi connectivity index (χ3n) is 3.83. The molecular weight excluding hydrogens is 350 g/mol. The first kappa shape index (κ1) is 19.8. The number of nitrogens with one attached hydrogen (secondary N) is 1. The van der Waals surface area contributed by atoms with E-state index < -0.39 is 5.97 Å². The summed E-state index contributed by atoms with van der Waals surface area (Å²) in [6.45, 7) is 1.71. The van der Waals surface area contributed by atoms with E-state index >= 15 is 0 Å². The van der Waals surface area contributed by atoms with E-state index in [1.165, 1.54) is 11.3 Å². The fraction of sp³-hybridized carbons (Fsp3) is 0.350. The Kier molecular flexibility index (Phi) is 8.02. The van der Waals surface area contributed by atoms with Crippen molar-refractivity contribution in [2.24, 2.45) is 0 Å². The standard InChI is InChI=1S/C20H23NO4S/c1-2-7-16(15-8-4-3-5-9-15)21-19(23)14-25-20(24)12-11-17(22)18-10-6-13-26-18/h3-6,8-10,13,16H,2,7,11-12,14H2,1H3,(H,21,23)/t16-/m0/s1. The van der Waals surface area contributed by atoms with Crippen molar-refractivity contribution in [3.05, 3.63) is 58.3 Å². The number of benzene rings is 1. The van der Waals surface area contributed by atoms with Gasteiger partial charge in [0.25, 0.3) is 5.91 Å². The van der Waals surface area contributed by atoms with Crippen LogP contribution in [0.3, 0.4) is 0 Å². The molecule has 1 N–H and O–H groups in total. The van der Waals surface area contributed by atoms with Gasteiger partial charge in [-0.05, 0) is 23.4 Å². The molecule has 138 valence electrons. The molecule has 0 aliphatic carbocycles. The second kappa shape index (κ2) is 10.5. The van der Waals surface area contributed by atoms with Gasteiger partial charge in [-0.25, -0.2) is 0 Å². The highest BCUT2D eigenvalue weighted by Crippen LogP contribution is 2.18. The number of carbonyl (C=O) groups is 3. The van der Waals surface area contributed by atoms with Gasteiger partial charge in [0.2, 0.25) is 0 Å². The zero-order valence-corrected chi connectivity index (χ0v) is 15.6. The molecule has 1 amide bonds. The summed E-state index contributed by atoms with van der Waals surface area (Å²) in [4.78, 5) is 36.3. The number of ketones is 1. The van der Waals surface area contributed by atoms with Crippen LogP contribution in [0.15, 0.2) is 47.8 Å². The molecular formula is C20H23NO4S. The lowest BCUT2D eigenvalue weighted by molar-refractivity contribution is -0.148. The van der Waals surface area contributed by atoms with Gasteiger partial charge in [0.05, 0.1) is 17.3 Å². The zero-order valence-electron chi connectivity index (χ0n) is 14.8.